The zero-order valence-electron chi connectivity index (χ0n) is 19.9. The van der Waals surface area contributed by atoms with Crippen LogP contribution in [-0.4, -0.2) is 58.1 Å². The van der Waals surface area contributed by atoms with Crippen molar-refractivity contribution in [3.63, 3.8) is 0 Å². The lowest BCUT2D eigenvalue weighted by molar-refractivity contribution is -0.138. The topological polar surface area (TPSA) is 62.2 Å². The third-order valence-electron chi connectivity index (χ3n) is 7.32. The minimum absolute atomic E-state index is 0.175. The Hall–Kier alpha value is -2.94. The van der Waals surface area contributed by atoms with Crippen molar-refractivity contribution in [2.45, 2.75) is 38.3 Å². The quantitative estimate of drug-likeness (QED) is 0.542. The van der Waals surface area contributed by atoms with Gasteiger partial charge in [0.2, 0.25) is 5.91 Å². The highest BCUT2D eigenvalue weighted by Crippen LogP contribution is 2.41. The average Bonchev–Trinajstić information content (AvgIpc) is 2.82. The Labute approximate surface area is 212 Å². The SMILES string of the molecule is CC1C=C(C(F)(F)F)C=CC1c1ncc(N2CCN(C(=O)C3CCC3)CC2)nc1-c1ccncc1Cl. The maximum Gasteiger partial charge on any atom is 0.416 e. The third kappa shape index (κ3) is 4.85. The molecule has 2 unspecified atom stereocenters. The minimum atomic E-state index is -4.40. The summed E-state index contributed by atoms with van der Waals surface area (Å²) < 4.78 is 39.7. The molecule has 2 aliphatic carbocycles. The van der Waals surface area contributed by atoms with Gasteiger partial charge in [-0.1, -0.05) is 43.2 Å². The molecule has 1 aliphatic heterocycles. The van der Waals surface area contributed by atoms with E-state index in [0.717, 1.165) is 25.3 Å². The van der Waals surface area contributed by atoms with Gasteiger partial charge >= 0.3 is 6.18 Å². The van der Waals surface area contributed by atoms with Gasteiger partial charge in [0.15, 0.2) is 0 Å². The van der Waals surface area contributed by atoms with E-state index >= 15 is 0 Å². The zero-order chi connectivity index (χ0) is 25.4. The molecule has 3 heterocycles. The van der Waals surface area contributed by atoms with Gasteiger partial charge in [0.1, 0.15) is 5.82 Å². The summed E-state index contributed by atoms with van der Waals surface area (Å²) in [6.07, 6.45) is 7.36. The molecule has 2 atom stereocenters. The van der Waals surface area contributed by atoms with Gasteiger partial charge < -0.3 is 9.80 Å². The number of hydrogen-bond acceptors (Lipinski definition) is 5. The first-order valence-electron chi connectivity index (χ1n) is 12.2. The van der Waals surface area contributed by atoms with Crippen molar-refractivity contribution < 1.29 is 18.0 Å². The number of aromatic nitrogens is 3. The normalized spacial score (nSPS) is 22.9. The molecule has 0 aromatic carbocycles. The highest BCUT2D eigenvalue weighted by Gasteiger charge is 2.36. The van der Waals surface area contributed by atoms with E-state index in [1.54, 1.807) is 31.5 Å². The number of allylic oxidation sites excluding steroid dienone is 4. The molecular formula is C26H27ClF3N5O. The fourth-order valence-electron chi connectivity index (χ4n) is 4.97. The molecule has 5 rings (SSSR count). The second-order valence-electron chi connectivity index (χ2n) is 9.62. The van der Waals surface area contributed by atoms with Crippen molar-refractivity contribution >= 4 is 23.3 Å². The minimum Gasteiger partial charge on any atom is -0.352 e. The second kappa shape index (κ2) is 9.84. The van der Waals surface area contributed by atoms with Crippen LogP contribution in [0.4, 0.5) is 19.0 Å². The summed E-state index contributed by atoms with van der Waals surface area (Å²) in [5.74, 6) is 0.238. The van der Waals surface area contributed by atoms with Gasteiger partial charge in [-0.2, -0.15) is 13.2 Å². The molecule has 1 saturated carbocycles. The predicted molar refractivity (Wildman–Crippen MR) is 132 cm³/mol. The highest BCUT2D eigenvalue weighted by atomic mass is 35.5. The molecule has 2 aromatic rings. The Kier molecular flexibility index (Phi) is 6.76. The lowest BCUT2D eigenvalue weighted by Gasteiger charge is -2.38. The Morgan fingerprint density at radius 1 is 1.14 bits per heavy atom. The number of halogens is 4. The van der Waals surface area contributed by atoms with Gasteiger partial charge in [-0.15, -0.1) is 0 Å². The van der Waals surface area contributed by atoms with E-state index in [2.05, 4.69) is 9.88 Å². The monoisotopic (exact) mass is 517 g/mol. The Morgan fingerprint density at radius 2 is 1.89 bits per heavy atom. The average molecular weight is 518 g/mol. The summed E-state index contributed by atoms with van der Waals surface area (Å²) in [7, 11) is 0. The summed E-state index contributed by atoms with van der Waals surface area (Å²) in [6, 6.07) is 1.74. The lowest BCUT2D eigenvalue weighted by atomic mass is 9.83. The number of hydrogen-bond donors (Lipinski definition) is 0. The molecule has 36 heavy (non-hydrogen) atoms. The van der Waals surface area contributed by atoms with E-state index < -0.39 is 23.6 Å². The van der Waals surface area contributed by atoms with Crippen molar-refractivity contribution in [2.75, 3.05) is 31.1 Å². The van der Waals surface area contributed by atoms with Gasteiger partial charge in [-0.3, -0.25) is 14.8 Å². The summed E-state index contributed by atoms with van der Waals surface area (Å²) in [4.78, 5) is 30.3. The maximum absolute atomic E-state index is 13.2. The molecule has 1 amide bonds. The van der Waals surface area contributed by atoms with E-state index in [1.165, 1.54) is 12.3 Å². The smallest absolute Gasteiger partial charge is 0.352 e. The number of anilines is 1. The summed E-state index contributed by atoms with van der Waals surface area (Å²) in [5.41, 5.74) is 1.06. The van der Waals surface area contributed by atoms with Crippen LogP contribution in [0.15, 0.2) is 48.5 Å². The highest BCUT2D eigenvalue weighted by molar-refractivity contribution is 6.33. The van der Waals surface area contributed by atoms with Crippen LogP contribution in [0.3, 0.4) is 0 Å². The Bertz CT molecular complexity index is 1200. The molecule has 190 valence electrons. The number of piperazine rings is 1. The van der Waals surface area contributed by atoms with Gasteiger partial charge in [-0.25, -0.2) is 4.98 Å². The van der Waals surface area contributed by atoms with Crippen LogP contribution in [-0.2, 0) is 4.79 Å². The van der Waals surface area contributed by atoms with E-state index in [1.807, 2.05) is 4.90 Å². The van der Waals surface area contributed by atoms with Crippen LogP contribution in [0, 0.1) is 11.8 Å². The fraction of sp³-hybridized carbons (Fsp3) is 0.462. The molecule has 0 radical (unpaired) electrons. The number of rotatable bonds is 4. The van der Waals surface area contributed by atoms with Crippen LogP contribution < -0.4 is 4.90 Å². The first-order valence-corrected chi connectivity index (χ1v) is 12.6. The van der Waals surface area contributed by atoms with Crippen LogP contribution >= 0.6 is 11.6 Å². The number of nitrogens with zero attached hydrogens (tertiary/aromatic N) is 5. The van der Waals surface area contributed by atoms with Crippen molar-refractivity contribution in [1.29, 1.82) is 0 Å². The molecule has 3 aliphatic rings. The number of carbonyl (C=O) groups is 1. The molecule has 0 N–H and O–H groups in total. The third-order valence-corrected chi connectivity index (χ3v) is 7.62. The Morgan fingerprint density at radius 3 is 2.50 bits per heavy atom. The van der Waals surface area contributed by atoms with Gasteiger partial charge in [0, 0.05) is 56.0 Å². The van der Waals surface area contributed by atoms with Gasteiger partial charge in [-0.05, 0) is 24.8 Å². The summed E-state index contributed by atoms with van der Waals surface area (Å²) in [5, 5.41) is 0.389. The first-order chi connectivity index (χ1) is 17.2. The molecule has 1 saturated heterocycles. The number of amides is 1. The lowest BCUT2D eigenvalue weighted by Crippen LogP contribution is -2.51. The summed E-state index contributed by atoms with van der Waals surface area (Å²) >= 11 is 6.46. The van der Waals surface area contributed by atoms with Crippen LogP contribution in [0.25, 0.3) is 11.3 Å². The number of alkyl halides is 3. The van der Waals surface area contributed by atoms with Crippen molar-refractivity contribution in [3.05, 3.63) is 59.2 Å². The van der Waals surface area contributed by atoms with E-state index in [0.29, 0.717) is 54.0 Å². The molecule has 2 aromatic heterocycles. The number of carbonyl (C=O) groups excluding carboxylic acids is 1. The van der Waals surface area contributed by atoms with E-state index in [4.69, 9.17) is 21.6 Å². The molecule has 2 fully saturated rings. The van der Waals surface area contributed by atoms with Crippen molar-refractivity contribution in [1.82, 2.24) is 19.9 Å². The van der Waals surface area contributed by atoms with Crippen LogP contribution in [0.1, 0.15) is 37.8 Å². The molecule has 10 heteroatoms. The first kappa shape index (κ1) is 24.7. The molecular weight excluding hydrogens is 491 g/mol. The van der Waals surface area contributed by atoms with Crippen LogP contribution in [0.5, 0.6) is 0 Å². The molecule has 0 spiro atoms. The zero-order valence-corrected chi connectivity index (χ0v) is 20.6. The fourth-order valence-corrected chi connectivity index (χ4v) is 5.18. The van der Waals surface area contributed by atoms with Gasteiger partial charge in [0.05, 0.1) is 28.2 Å². The number of pyridine rings is 1. The van der Waals surface area contributed by atoms with Crippen LogP contribution in [0.2, 0.25) is 5.02 Å². The van der Waals surface area contributed by atoms with Crippen molar-refractivity contribution in [3.8, 4) is 11.3 Å². The molecule has 0 bridgehead atoms. The summed E-state index contributed by atoms with van der Waals surface area (Å²) in [6.45, 7) is 4.25. The van der Waals surface area contributed by atoms with E-state index in [-0.39, 0.29) is 11.8 Å². The van der Waals surface area contributed by atoms with Gasteiger partial charge in [0.25, 0.3) is 0 Å². The molecule has 6 nitrogen and oxygen atoms in total. The predicted octanol–water partition coefficient (Wildman–Crippen LogP) is 5.42. The Balaban J connectivity index is 1.43. The second-order valence-corrected chi connectivity index (χ2v) is 10.0. The van der Waals surface area contributed by atoms with E-state index in [9.17, 15) is 18.0 Å². The largest absolute Gasteiger partial charge is 0.416 e. The van der Waals surface area contributed by atoms with Crippen molar-refractivity contribution in [2.24, 2.45) is 11.8 Å². The standard InChI is InChI=1S/C26H27ClF3N5O/c1-16-13-18(26(28,29)30)5-6-19(16)23-24(20-7-8-31-14-21(20)27)33-22(15-32-23)34-9-11-35(12-10-34)25(36)17-3-2-4-17/h5-8,13-17,19H,2-4,9-12H2,1H3. The maximum atomic E-state index is 13.2.